The first kappa shape index (κ1) is 17.3. The summed E-state index contributed by atoms with van der Waals surface area (Å²) in [6, 6.07) is 9.67. The van der Waals surface area contributed by atoms with Crippen LogP contribution < -0.4 is 10.1 Å². The van der Waals surface area contributed by atoms with Crippen LogP contribution in [-0.2, 0) is 0 Å². The molecule has 124 valence electrons. The molecule has 0 aromatic heterocycles. The van der Waals surface area contributed by atoms with E-state index in [-0.39, 0.29) is 6.10 Å². The van der Waals surface area contributed by atoms with Crippen LogP contribution in [0.3, 0.4) is 0 Å². The summed E-state index contributed by atoms with van der Waals surface area (Å²) in [7, 11) is 2.21. The van der Waals surface area contributed by atoms with Gasteiger partial charge >= 0.3 is 0 Å². The minimum Gasteiger partial charge on any atom is -0.491 e. The Hall–Kier alpha value is -1.06. The maximum absolute atomic E-state index is 5.75. The zero-order chi connectivity index (χ0) is 16.1. The second kappa shape index (κ2) is 7.98. The number of benzene rings is 1. The SMILES string of the molecule is CC(C)Oc1ccc([C@@H](NC2CCN(C)CC2)C(C)C)cc1. The van der Waals surface area contributed by atoms with E-state index >= 15 is 0 Å². The third-order valence-corrected chi connectivity index (χ3v) is 4.41. The molecule has 1 aliphatic rings. The van der Waals surface area contributed by atoms with Crippen LogP contribution in [0.5, 0.6) is 5.75 Å². The van der Waals surface area contributed by atoms with Gasteiger partial charge in [0.2, 0.25) is 0 Å². The Morgan fingerprint density at radius 1 is 1.05 bits per heavy atom. The molecular formula is C19H32N2O. The molecule has 2 rings (SSSR count). The van der Waals surface area contributed by atoms with E-state index in [1.807, 2.05) is 0 Å². The highest BCUT2D eigenvalue weighted by molar-refractivity contribution is 5.29. The van der Waals surface area contributed by atoms with Gasteiger partial charge in [-0.25, -0.2) is 0 Å². The Labute approximate surface area is 136 Å². The summed E-state index contributed by atoms with van der Waals surface area (Å²) in [6.45, 7) is 11.1. The lowest BCUT2D eigenvalue weighted by Crippen LogP contribution is -2.43. The maximum Gasteiger partial charge on any atom is 0.119 e. The van der Waals surface area contributed by atoms with E-state index in [0.29, 0.717) is 18.0 Å². The molecule has 3 nitrogen and oxygen atoms in total. The molecule has 0 bridgehead atoms. The minimum atomic E-state index is 0.226. The van der Waals surface area contributed by atoms with E-state index in [1.54, 1.807) is 0 Å². The average Bonchev–Trinajstić information content (AvgIpc) is 2.47. The molecule has 0 saturated carbocycles. The number of likely N-dealkylation sites (tertiary alicyclic amines) is 1. The Balaban J connectivity index is 2.01. The number of nitrogens with one attached hydrogen (secondary N) is 1. The zero-order valence-electron chi connectivity index (χ0n) is 14.8. The van der Waals surface area contributed by atoms with Gasteiger partial charge < -0.3 is 15.0 Å². The number of piperidine rings is 1. The van der Waals surface area contributed by atoms with Gasteiger partial charge in [-0.1, -0.05) is 26.0 Å². The minimum absolute atomic E-state index is 0.226. The molecule has 3 heteroatoms. The van der Waals surface area contributed by atoms with Gasteiger partial charge in [0.25, 0.3) is 0 Å². The second-order valence-electron chi connectivity index (χ2n) is 7.20. The molecule has 0 amide bonds. The van der Waals surface area contributed by atoms with Crippen molar-refractivity contribution in [2.75, 3.05) is 20.1 Å². The summed E-state index contributed by atoms with van der Waals surface area (Å²) in [5.74, 6) is 1.54. The Morgan fingerprint density at radius 3 is 2.14 bits per heavy atom. The molecule has 1 atom stereocenters. The van der Waals surface area contributed by atoms with Crippen LogP contribution >= 0.6 is 0 Å². The van der Waals surface area contributed by atoms with Gasteiger partial charge in [0, 0.05) is 12.1 Å². The molecule has 0 radical (unpaired) electrons. The van der Waals surface area contributed by atoms with Crippen molar-refractivity contribution in [1.82, 2.24) is 10.2 Å². The molecule has 1 aromatic rings. The molecule has 1 heterocycles. The summed E-state index contributed by atoms with van der Waals surface area (Å²) in [6.07, 6.45) is 2.71. The van der Waals surface area contributed by atoms with Crippen LogP contribution in [0.2, 0.25) is 0 Å². The average molecular weight is 304 g/mol. The molecule has 1 aromatic carbocycles. The fourth-order valence-corrected chi connectivity index (χ4v) is 3.13. The van der Waals surface area contributed by atoms with E-state index < -0.39 is 0 Å². The van der Waals surface area contributed by atoms with Gasteiger partial charge in [-0.05, 0) is 70.4 Å². The summed E-state index contributed by atoms with van der Waals surface area (Å²) >= 11 is 0. The van der Waals surface area contributed by atoms with Crippen LogP contribution in [0.4, 0.5) is 0 Å². The number of hydrogen-bond acceptors (Lipinski definition) is 3. The predicted molar refractivity (Wildman–Crippen MR) is 93.4 cm³/mol. The van der Waals surface area contributed by atoms with E-state index in [4.69, 9.17) is 4.74 Å². The molecule has 1 saturated heterocycles. The third-order valence-electron chi connectivity index (χ3n) is 4.41. The van der Waals surface area contributed by atoms with E-state index in [2.05, 4.69) is 69.2 Å². The van der Waals surface area contributed by atoms with Crippen molar-refractivity contribution in [3.05, 3.63) is 29.8 Å². The lowest BCUT2D eigenvalue weighted by atomic mass is 9.93. The zero-order valence-corrected chi connectivity index (χ0v) is 14.8. The summed E-state index contributed by atoms with van der Waals surface area (Å²) < 4.78 is 5.75. The molecule has 0 spiro atoms. The topological polar surface area (TPSA) is 24.5 Å². The lowest BCUT2D eigenvalue weighted by Gasteiger charge is -2.34. The van der Waals surface area contributed by atoms with Gasteiger partial charge in [-0.15, -0.1) is 0 Å². The van der Waals surface area contributed by atoms with Crippen LogP contribution in [0.1, 0.15) is 52.1 Å². The highest BCUT2D eigenvalue weighted by Gasteiger charge is 2.23. The van der Waals surface area contributed by atoms with Gasteiger partial charge in [-0.2, -0.15) is 0 Å². The molecular weight excluding hydrogens is 272 g/mol. The highest BCUT2D eigenvalue weighted by Crippen LogP contribution is 2.26. The summed E-state index contributed by atoms with van der Waals surface area (Å²) in [5.41, 5.74) is 1.37. The first-order chi connectivity index (χ1) is 10.5. The monoisotopic (exact) mass is 304 g/mol. The second-order valence-corrected chi connectivity index (χ2v) is 7.20. The number of ether oxygens (including phenoxy) is 1. The molecule has 0 unspecified atom stereocenters. The summed E-state index contributed by atoms with van der Waals surface area (Å²) in [5, 5.41) is 3.88. The highest BCUT2D eigenvalue weighted by atomic mass is 16.5. The summed E-state index contributed by atoms with van der Waals surface area (Å²) in [4.78, 5) is 2.42. The Morgan fingerprint density at radius 2 is 1.64 bits per heavy atom. The molecule has 1 N–H and O–H groups in total. The quantitative estimate of drug-likeness (QED) is 0.864. The van der Waals surface area contributed by atoms with Crippen molar-refractivity contribution in [2.24, 2.45) is 5.92 Å². The molecule has 1 aliphatic heterocycles. The fourth-order valence-electron chi connectivity index (χ4n) is 3.13. The van der Waals surface area contributed by atoms with Gasteiger partial charge in [0.1, 0.15) is 5.75 Å². The van der Waals surface area contributed by atoms with Gasteiger partial charge in [0.05, 0.1) is 6.10 Å². The van der Waals surface area contributed by atoms with E-state index in [9.17, 15) is 0 Å². The Bertz CT molecular complexity index is 433. The largest absolute Gasteiger partial charge is 0.491 e. The van der Waals surface area contributed by atoms with Crippen LogP contribution in [-0.4, -0.2) is 37.2 Å². The maximum atomic E-state index is 5.75. The van der Waals surface area contributed by atoms with Crippen molar-refractivity contribution in [3.63, 3.8) is 0 Å². The molecule has 1 fully saturated rings. The standard InChI is InChI=1S/C19H32N2O/c1-14(2)19(20-17-10-12-21(5)13-11-17)16-6-8-18(9-7-16)22-15(3)4/h6-9,14-15,17,19-20H,10-13H2,1-5H3/t19-/m0/s1. The normalized spacial score (nSPS) is 18.9. The van der Waals surface area contributed by atoms with E-state index in [1.165, 1.54) is 31.5 Å². The Kier molecular flexibility index (Phi) is 6.27. The molecule has 0 aliphatic carbocycles. The number of nitrogens with zero attached hydrogens (tertiary/aromatic N) is 1. The van der Waals surface area contributed by atoms with Crippen molar-refractivity contribution >= 4 is 0 Å². The van der Waals surface area contributed by atoms with E-state index in [0.717, 1.165) is 5.75 Å². The van der Waals surface area contributed by atoms with Crippen LogP contribution in [0, 0.1) is 5.92 Å². The van der Waals surface area contributed by atoms with Crippen molar-refractivity contribution in [1.29, 1.82) is 0 Å². The van der Waals surface area contributed by atoms with Crippen molar-refractivity contribution < 1.29 is 4.74 Å². The number of hydrogen-bond donors (Lipinski definition) is 1. The number of rotatable bonds is 6. The lowest BCUT2D eigenvalue weighted by molar-refractivity contribution is 0.214. The van der Waals surface area contributed by atoms with Gasteiger partial charge in [0.15, 0.2) is 0 Å². The first-order valence-corrected chi connectivity index (χ1v) is 8.67. The fraction of sp³-hybridized carbons (Fsp3) is 0.684. The van der Waals surface area contributed by atoms with Crippen molar-refractivity contribution in [3.8, 4) is 5.75 Å². The van der Waals surface area contributed by atoms with Crippen molar-refractivity contribution in [2.45, 2.75) is 58.7 Å². The molecule has 22 heavy (non-hydrogen) atoms. The van der Waals surface area contributed by atoms with Gasteiger partial charge in [-0.3, -0.25) is 0 Å². The predicted octanol–water partition coefficient (Wildman–Crippen LogP) is 3.85. The van der Waals surface area contributed by atoms with Crippen LogP contribution in [0.15, 0.2) is 24.3 Å². The first-order valence-electron chi connectivity index (χ1n) is 8.67. The van der Waals surface area contributed by atoms with Crippen LogP contribution in [0.25, 0.3) is 0 Å². The smallest absolute Gasteiger partial charge is 0.119 e. The third kappa shape index (κ3) is 4.99.